The second kappa shape index (κ2) is 5.95. The van der Waals surface area contributed by atoms with Gasteiger partial charge in [-0.25, -0.2) is 12.8 Å². The molecule has 1 aromatic heterocycles. The van der Waals surface area contributed by atoms with Gasteiger partial charge in [0.2, 0.25) is 0 Å². The van der Waals surface area contributed by atoms with Gasteiger partial charge in [0.1, 0.15) is 5.82 Å². The van der Waals surface area contributed by atoms with Gasteiger partial charge < -0.3 is 10.7 Å². The summed E-state index contributed by atoms with van der Waals surface area (Å²) in [5.41, 5.74) is 8.82. The van der Waals surface area contributed by atoms with Crippen LogP contribution in [-0.2, 0) is 9.84 Å². The van der Waals surface area contributed by atoms with Crippen LogP contribution in [0.5, 0.6) is 0 Å². The number of carbonyl (C=O) groups is 1. The summed E-state index contributed by atoms with van der Waals surface area (Å²) in [6.07, 6.45) is 2.32. The second-order valence-corrected chi connectivity index (χ2v) is 8.89. The third-order valence-corrected chi connectivity index (χ3v) is 6.70. The minimum Gasteiger partial charge on any atom is -0.366 e. The third-order valence-electron chi connectivity index (χ3n) is 4.94. The lowest BCUT2D eigenvalue weighted by Gasteiger charge is -2.10. The molecule has 0 saturated carbocycles. The zero-order chi connectivity index (χ0) is 18.5. The fraction of sp³-hybridized carbons (Fsp3) is 0.211. The number of fused-ring (bicyclic) bond motifs is 1. The van der Waals surface area contributed by atoms with E-state index in [1.165, 1.54) is 12.1 Å². The molecule has 4 rings (SSSR count). The van der Waals surface area contributed by atoms with Crippen LogP contribution < -0.4 is 5.73 Å². The van der Waals surface area contributed by atoms with Gasteiger partial charge in [-0.3, -0.25) is 4.79 Å². The molecule has 134 valence electrons. The molecule has 2 heterocycles. The quantitative estimate of drug-likeness (QED) is 0.740. The van der Waals surface area contributed by atoms with Crippen molar-refractivity contribution >= 4 is 26.6 Å². The molecule has 1 amide bonds. The number of hydrogen-bond acceptors (Lipinski definition) is 3. The molecule has 0 bridgehead atoms. The van der Waals surface area contributed by atoms with Crippen LogP contribution in [0.1, 0.15) is 28.3 Å². The van der Waals surface area contributed by atoms with Crippen molar-refractivity contribution in [2.45, 2.75) is 12.3 Å². The second-order valence-electron chi connectivity index (χ2n) is 6.66. The monoisotopic (exact) mass is 372 g/mol. The van der Waals surface area contributed by atoms with E-state index >= 15 is 0 Å². The summed E-state index contributed by atoms with van der Waals surface area (Å²) >= 11 is 0. The molecule has 1 saturated heterocycles. The van der Waals surface area contributed by atoms with Gasteiger partial charge in [-0.2, -0.15) is 0 Å². The van der Waals surface area contributed by atoms with Crippen molar-refractivity contribution in [1.82, 2.24) is 4.98 Å². The SMILES string of the molecule is NC(=O)c1cc(-c2ccc(F)cc2)cc2c(C3CCS(=O)(=O)C3)c[nH]c12. The Labute approximate surface area is 149 Å². The number of hydrogen-bond donors (Lipinski definition) is 2. The molecule has 0 radical (unpaired) electrons. The molecule has 5 nitrogen and oxygen atoms in total. The smallest absolute Gasteiger partial charge is 0.250 e. The van der Waals surface area contributed by atoms with Gasteiger partial charge in [0.25, 0.3) is 5.91 Å². The fourth-order valence-electron chi connectivity index (χ4n) is 3.63. The molecule has 3 aromatic rings. The number of primary amides is 1. The van der Waals surface area contributed by atoms with Gasteiger partial charge >= 0.3 is 0 Å². The molecule has 1 aliphatic rings. The van der Waals surface area contributed by atoms with E-state index in [2.05, 4.69) is 4.98 Å². The normalized spacial score (nSPS) is 19.0. The van der Waals surface area contributed by atoms with E-state index in [9.17, 15) is 17.6 Å². The van der Waals surface area contributed by atoms with Gasteiger partial charge in [0.15, 0.2) is 9.84 Å². The van der Waals surface area contributed by atoms with E-state index in [1.807, 2.05) is 6.07 Å². The molecule has 3 N–H and O–H groups in total. The van der Waals surface area contributed by atoms with Crippen molar-refractivity contribution < 1.29 is 17.6 Å². The molecule has 1 atom stereocenters. The topological polar surface area (TPSA) is 93.0 Å². The Hall–Kier alpha value is -2.67. The van der Waals surface area contributed by atoms with Crippen molar-refractivity contribution in [2.75, 3.05) is 11.5 Å². The van der Waals surface area contributed by atoms with E-state index in [0.29, 0.717) is 17.5 Å². The Bertz CT molecular complexity index is 1120. The number of amides is 1. The number of sulfone groups is 1. The van der Waals surface area contributed by atoms with E-state index in [4.69, 9.17) is 5.73 Å². The highest BCUT2D eigenvalue weighted by Crippen LogP contribution is 2.37. The minimum atomic E-state index is -3.03. The van der Waals surface area contributed by atoms with Gasteiger partial charge in [-0.15, -0.1) is 0 Å². The molecule has 0 spiro atoms. The van der Waals surface area contributed by atoms with Crippen molar-refractivity contribution in [3.8, 4) is 11.1 Å². The highest BCUT2D eigenvalue weighted by atomic mass is 32.2. The molecule has 1 unspecified atom stereocenters. The number of halogens is 1. The first-order valence-corrected chi connectivity index (χ1v) is 10.1. The number of carbonyl (C=O) groups excluding carboxylic acids is 1. The number of nitrogens with one attached hydrogen (secondary N) is 1. The average molecular weight is 372 g/mol. The van der Waals surface area contributed by atoms with E-state index in [1.54, 1.807) is 24.4 Å². The van der Waals surface area contributed by atoms with E-state index < -0.39 is 15.7 Å². The third kappa shape index (κ3) is 2.88. The first-order chi connectivity index (χ1) is 12.3. The Morgan fingerprint density at radius 1 is 1.15 bits per heavy atom. The summed E-state index contributed by atoms with van der Waals surface area (Å²) in [6, 6.07) is 9.53. The lowest BCUT2D eigenvalue weighted by atomic mass is 9.94. The number of aromatic amines is 1. The van der Waals surface area contributed by atoms with Crippen LogP contribution in [0.4, 0.5) is 4.39 Å². The maximum atomic E-state index is 13.2. The Kier molecular flexibility index (Phi) is 3.84. The maximum absolute atomic E-state index is 13.2. The molecule has 7 heteroatoms. The summed E-state index contributed by atoms with van der Waals surface area (Å²) in [5.74, 6) is -0.759. The summed E-state index contributed by atoms with van der Waals surface area (Å²) in [7, 11) is -3.03. The van der Waals surface area contributed by atoms with Crippen LogP contribution >= 0.6 is 0 Å². The Balaban J connectivity index is 1.91. The molecular weight excluding hydrogens is 355 g/mol. The lowest BCUT2D eigenvalue weighted by Crippen LogP contribution is -2.11. The fourth-order valence-corrected chi connectivity index (χ4v) is 5.40. The zero-order valence-electron chi connectivity index (χ0n) is 13.8. The maximum Gasteiger partial charge on any atom is 0.250 e. The summed E-state index contributed by atoms with van der Waals surface area (Å²) in [6.45, 7) is 0. The van der Waals surface area contributed by atoms with Crippen LogP contribution in [0.25, 0.3) is 22.0 Å². The van der Waals surface area contributed by atoms with Crippen LogP contribution in [0, 0.1) is 5.82 Å². The summed E-state index contributed by atoms with van der Waals surface area (Å²) in [4.78, 5) is 15.0. The zero-order valence-corrected chi connectivity index (χ0v) is 14.6. The Morgan fingerprint density at radius 3 is 2.50 bits per heavy atom. The first kappa shape index (κ1) is 16.8. The number of rotatable bonds is 3. The number of benzene rings is 2. The summed E-state index contributed by atoms with van der Waals surface area (Å²) in [5, 5.41) is 0.780. The van der Waals surface area contributed by atoms with Crippen molar-refractivity contribution in [2.24, 2.45) is 5.73 Å². The molecular formula is C19H17FN2O3S. The van der Waals surface area contributed by atoms with Crippen molar-refractivity contribution in [1.29, 1.82) is 0 Å². The predicted molar refractivity (Wildman–Crippen MR) is 98.2 cm³/mol. The first-order valence-electron chi connectivity index (χ1n) is 8.25. The van der Waals surface area contributed by atoms with Gasteiger partial charge in [-0.1, -0.05) is 12.1 Å². The van der Waals surface area contributed by atoms with Gasteiger partial charge in [-0.05, 0) is 47.4 Å². The highest BCUT2D eigenvalue weighted by Gasteiger charge is 2.31. The summed E-state index contributed by atoms with van der Waals surface area (Å²) < 4.78 is 36.9. The van der Waals surface area contributed by atoms with Gasteiger partial charge in [0, 0.05) is 17.5 Å². The molecule has 2 aromatic carbocycles. The van der Waals surface area contributed by atoms with E-state index in [0.717, 1.165) is 22.1 Å². The molecule has 0 aliphatic carbocycles. The highest BCUT2D eigenvalue weighted by molar-refractivity contribution is 7.91. The van der Waals surface area contributed by atoms with Crippen molar-refractivity contribution in [3.05, 3.63) is 59.5 Å². The van der Waals surface area contributed by atoms with Crippen LogP contribution in [0.15, 0.2) is 42.6 Å². The van der Waals surface area contributed by atoms with Crippen LogP contribution in [-0.4, -0.2) is 30.8 Å². The van der Waals surface area contributed by atoms with E-state index in [-0.39, 0.29) is 23.2 Å². The number of aromatic nitrogens is 1. The standard InChI is InChI=1S/C19H17FN2O3S/c20-14-3-1-11(2-4-14)13-7-15-17(12-5-6-26(24,25)10-12)9-22-18(15)16(8-13)19(21)23/h1-4,7-9,12,22H,5-6,10H2,(H2,21,23). The van der Waals surface area contributed by atoms with Crippen molar-refractivity contribution in [3.63, 3.8) is 0 Å². The molecule has 26 heavy (non-hydrogen) atoms. The largest absolute Gasteiger partial charge is 0.366 e. The predicted octanol–water partition coefficient (Wildman–Crippen LogP) is 2.98. The van der Waals surface area contributed by atoms with Crippen LogP contribution in [0.3, 0.4) is 0 Å². The minimum absolute atomic E-state index is 0.104. The molecule has 1 aliphatic heterocycles. The van der Waals surface area contributed by atoms with Crippen LogP contribution in [0.2, 0.25) is 0 Å². The Morgan fingerprint density at radius 2 is 1.88 bits per heavy atom. The number of nitrogens with two attached hydrogens (primary N) is 1. The lowest BCUT2D eigenvalue weighted by molar-refractivity contribution is 0.100. The molecule has 1 fully saturated rings. The average Bonchev–Trinajstić information content (AvgIpc) is 3.17. The van der Waals surface area contributed by atoms with Gasteiger partial charge in [0.05, 0.1) is 22.6 Å². The number of H-pyrrole nitrogens is 1.